The zero-order chi connectivity index (χ0) is 14.1. The van der Waals surface area contributed by atoms with E-state index in [1.165, 1.54) is 0 Å². The van der Waals surface area contributed by atoms with Gasteiger partial charge in [0.05, 0.1) is 17.1 Å². The summed E-state index contributed by atoms with van der Waals surface area (Å²) in [5, 5.41) is 10.2. The number of aryl methyl sites for hydroxylation is 2. The molecule has 1 amide bonds. The molecule has 3 rings (SSSR count). The van der Waals surface area contributed by atoms with E-state index in [-0.39, 0.29) is 5.91 Å². The molecule has 20 heavy (non-hydrogen) atoms. The summed E-state index contributed by atoms with van der Waals surface area (Å²) in [6.45, 7) is 4.49. The molecule has 2 aromatic rings. The molecular formula is C14H15N3O2S. The van der Waals surface area contributed by atoms with Crippen LogP contribution in [-0.4, -0.2) is 16.8 Å². The van der Waals surface area contributed by atoms with Crippen molar-refractivity contribution >= 4 is 29.0 Å². The highest BCUT2D eigenvalue weighted by Crippen LogP contribution is 2.33. The van der Waals surface area contributed by atoms with Gasteiger partial charge in [-0.1, -0.05) is 5.16 Å². The van der Waals surface area contributed by atoms with Crippen molar-refractivity contribution in [2.75, 3.05) is 16.4 Å². The number of carbonyl (C=O) groups excluding carboxylic acids is 1. The molecule has 0 saturated carbocycles. The van der Waals surface area contributed by atoms with Crippen molar-refractivity contribution in [2.24, 2.45) is 0 Å². The van der Waals surface area contributed by atoms with Crippen LogP contribution in [0.2, 0.25) is 0 Å². The Bertz CT molecular complexity index is 647. The van der Waals surface area contributed by atoms with Gasteiger partial charge < -0.3 is 15.2 Å². The number of nitrogens with one attached hydrogen (secondary N) is 2. The van der Waals surface area contributed by atoms with Crippen molar-refractivity contribution in [1.29, 1.82) is 0 Å². The summed E-state index contributed by atoms with van der Waals surface area (Å²) < 4.78 is 5.14. The zero-order valence-electron chi connectivity index (χ0n) is 11.3. The molecular weight excluding hydrogens is 274 g/mol. The van der Waals surface area contributed by atoms with Gasteiger partial charge in [0, 0.05) is 22.7 Å². The average Bonchev–Trinajstić information content (AvgIpc) is 2.75. The second kappa shape index (κ2) is 5.20. The molecule has 5 nitrogen and oxygen atoms in total. The highest BCUT2D eigenvalue weighted by molar-refractivity contribution is 8.00. The number of benzene rings is 1. The fourth-order valence-corrected chi connectivity index (χ4v) is 2.93. The largest absolute Gasteiger partial charge is 0.381 e. The lowest BCUT2D eigenvalue weighted by Crippen LogP contribution is -2.18. The third kappa shape index (κ3) is 2.51. The predicted molar refractivity (Wildman–Crippen MR) is 79.1 cm³/mol. The van der Waals surface area contributed by atoms with Crippen LogP contribution in [0, 0.1) is 13.8 Å². The van der Waals surface area contributed by atoms with Crippen LogP contribution in [-0.2, 0) is 11.3 Å². The van der Waals surface area contributed by atoms with Gasteiger partial charge >= 0.3 is 0 Å². The molecule has 0 atom stereocenters. The number of anilines is 2. The Balaban J connectivity index is 1.75. The van der Waals surface area contributed by atoms with Gasteiger partial charge in [-0.15, -0.1) is 11.8 Å². The van der Waals surface area contributed by atoms with Crippen molar-refractivity contribution in [2.45, 2.75) is 25.3 Å². The van der Waals surface area contributed by atoms with E-state index in [2.05, 4.69) is 15.8 Å². The first-order valence-corrected chi connectivity index (χ1v) is 7.34. The summed E-state index contributed by atoms with van der Waals surface area (Å²) in [4.78, 5) is 12.5. The van der Waals surface area contributed by atoms with Crippen LogP contribution in [0.15, 0.2) is 27.6 Å². The van der Waals surface area contributed by atoms with E-state index in [1.807, 2.05) is 32.0 Å². The van der Waals surface area contributed by atoms with E-state index in [4.69, 9.17) is 4.52 Å². The van der Waals surface area contributed by atoms with Gasteiger partial charge in [0.1, 0.15) is 5.76 Å². The second-order valence-electron chi connectivity index (χ2n) is 4.70. The highest BCUT2D eigenvalue weighted by atomic mass is 32.2. The Morgan fingerprint density at radius 3 is 3.05 bits per heavy atom. The minimum atomic E-state index is 0.0466. The zero-order valence-corrected chi connectivity index (χ0v) is 12.1. The van der Waals surface area contributed by atoms with Crippen LogP contribution < -0.4 is 10.6 Å². The molecule has 0 bridgehead atoms. The quantitative estimate of drug-likeness (QED) is 0.909. The normalized spacial score (nSPS) is 13.8. The molecule has 0 saturated heterocycles. The van der Waals surface area contributed by atoms with Gasteiger partial charge in [-0.25, -0.2) is 0 Å². The Morgan fingerprint density at radius 2 is 2.30 bits per heavy atom. The summed E-state index contributed by atoms with van der Waals surface area (Å²) >= 11 is 1.56. The van der Waals surface area contributed by atoms with Crippen LogP contribution in [0.1, 0.15) is 17.0 Å². The number of carbonyl (C=O) groups is 1. The maximum absolute atomic E-state index is 11.4. The summed E-state index contributed by atoms with van der Waals surface area (Å²) in [6.07, 6.45) is 0. The van der Waals surface area contributed by atoms with Crippen molar-refractivity contribution in [3.05, 3.63) is 35.2 Å². The van der Waals surface area contributed by atoms with Crippen LogP contribution in [0.3, 0.4) is 0 Å². The van der Waals surface area contributed by atoms with E-state index in [0.29, 0.717) is 12.3 Å². The molecule has 0 radical (unpaired) electrons. The Hall–Kier alpha value is -1.95. The number of thioether (sulfide) groups is 1. The second-order valence-corrected chi connectivity index (χ2v) is 5.72. The van der Waals surface area contributed by atoms with Crippen LogP contribution in [0.4, 0.5) is 11.4 Å². The van der Waals surface area contributed by atoms with Crippen LogP contribution >= 0.6 is 11.8 Å². The number of hydrogen-bond acceptors (Lipinski definition) is 5. The first kappa shape index (κ1) is 13.1. The topological polar surface area (TPSA) is 67.2 Å². The number of fused-ring (bicyclic) bond motifs is 1. The van der Waals surface area contributed by atoms with Gasteiger partial charge in [0.2, 0.25) is 5.91 Å². The molecule has 2 heterocycles. The number of nitrogens with zero attached hydrogens (tertiary/aromatic N) is 1. The maximum Gasteiger partial charge on any atom is 0.234 e. The fourth-order valence-electron chi connectivity index (χ4n) is 2.14. The smallest absolute Gasteiger partial charge is 0.234 e. The molecule has 1 aliphatic heterocycles. The van der Waals surface area contributed by atoms with E-state index < -0.39 is 0 Å². The SMILES string of the molecule is Cc1noc(C)c1CNc1ccc2c(c1)NC(=O)CS2. The lowest BCUT2D eigenvalue weighted by Gasteiger charge is -2.17. The Labute approximate surface area is 121 Å². The van der Waals surface area contributed by atoms with E-state index >= 15 is 0 Å². The summed E-state index contributed by atoms with van der Waals surface area (Å²) in [7, 11) is 0. The van der Waals surface area contributed by atoms with Gasteiger partial charge in [-0.2, -0.15) is 0 Å². The van der Waals surface area contributed by atoms with Crippen molar-refractivity contribution in [3.63, 3.8) is 0 Å². The molecule has 1 aromatic heterocycles. The molecule has 2 N–H and O–H groups in total. The maximum atomic E-state index is 11.4. The van der Waals surface area contributed by atoms with Crippen molar-refractivity contribution in [1.82, 2.24) is 5.16 Å². The first-order chi connectivity index (χ1) is 9.63. The first-order valence-electron chi connectivity index (χ1n) is 6.36. The Kier molecular flexibility index (Phi) is 3.40. The molecule has 0 spiro atoms. The molecule has 1 aliphatic rings. The van der Waals surface area contributed by atoms with E-state index in [0.717, 1.165) is 33.3 Å². The van der Waals surface area contributed by atoms with Gasteiger partial charge in [0.25, 0.3) is 0 Å². The molecule has 0 aliphatic carbocycles. The number of rotatable bonds is 3. The van der Waals surface area contributed by atoms with E-state index in [9.17, 15) is 4.79 Å². The minimum Gasteiger partial charge on any atom is -0.381 e. The molecule has 0 fully saturated rings. The lowest BCUT2D eigenvalue weighted by atomic mass is 10.2. The fraction of sp³-hybridized carbons (Fsp3) is 0.286. The summed E-state index contributed by atoms with van der Waals surface area (Å²) in [5.74, 6) is 1.36. The van der Waals surface area contributed by atoms with Crippen molar-refractivity contribution < 1.29 is 9.32 Å². The third-order valence-corrected chi connectivity index (χ3v) is 4.34. The standard InChI is InChI=1S/C14H15N3O2S/c1-8-11(9(2)19-17-8)6-15-10-3-4-13-12(5-10)16-14(18)7-20-13/h3-5,15H,6-7H2,1-2H3,(H,16,18). The van der Waals surface area contributed by atoms with Gasteiger partial charge in [-0.05, 0) is 32.0 Å². The highest BCUT2D eigenvalue weighted by Gasteiger charge is 2.15. The lowest BCUT2D eigenvalue weighted by molar-refractivity contribution is -0.113. The Morgan fingerprint density at radius 1 is 1.45 bits per heavy atom. The summed E-state index contributed by atoms with van der Waals surface area (Å²) in [5.41, 5.74) is 3.81. The van der Waals surface area contributed by atoms with Crippen molar-refractivity contribution in [3.8, 4) is 0 Å². The average molecular weight is 289 g/mol. The summed E-state index contributed by atoms with van der Waals surface area (Å²) in [6, 6.07) is 5.99. The number of aromatic nitrogens is 1. The van der Waals surface area contributed by atoms with Crippen LogP contribution in [0.25, 0.3) is 0 Å². The molecule has 0 unspecified atom stereocenters. The minimum absolute atomic E-state index is 0.0466. The van der Waals surface area contributed by atoms with E-state index in [1.54, 1.807) is 11.8 Å². The number of hydrogen-bond donors (Lipinski definition) is 2. The third-order valence-electron chi connectivity index (χ3n) is 3.26. The van der Waals surface area contributed by atoms with Crippen LogP contribution in [0.5, 0.6) is 0 Å². The van der Waals surface area contributed by atoms with Gasteiger partial charge in [0.15, 0.2) is 0 Å². The monoisotopic (exact) mass is 289 g/mol. The predicted octanol–water partition coefficient (Wildman–Crippen LogP) is 2.95. The number of amides is 1. The van der Waals surface area contributed by atoms with Gasteiger partial charge in [-0.3, -0.25) is 4.79 Å². The molecule has 6 heteroatoms. The molecule has 1 aromatic carbocycles. The molecule has 104 valence electrons.